The molecular weight excluding hydrogens is 290 g/mol. The zero-order chi connectivity index (χ0) is 15.8. The summed E-state index contributed by atoms with van der Waals surface area (Å²) in [6.07, 6.45) is 1.53. The second-order valence-corrected chi connectivity index (χ2v) is 6.78. The number of hydrogen-bond donors (Lipinski definition) is 2. The fraction of sp³-hybridized carbons (Fsp3) is 0.385. The number of hydrogen-bond acceptors (Lipinski definition) is 5. The van der Waals surface area contributed by atoms with Crippen molar-refractivity contribution in [2.24, 2.45) is 7.05 Å². The molecule has 0 fully saturated rings. The summed E-state index contributed by atoms with van der Waals surface area (Å²) in [6.45, 7) is 5.18. The van der Waals surface area contributed by atoms with Crippen molar-refractivity contribution in [1.82, 2.24) is 19.5 Å². The van der Waals surface area contributed by atoms with Gasteiger partial charge in [0.25, 0.3) is 0 Å². The van der Waals surface area contributed by atoms with Crippen LogP contribution >= 0.6 is 0 Å². The minimum absolute atomic E-state index is 0.255. The number of nitrogens with two attached hydrogens (primary N) is 1. The summed E-state index contributed by atoms with van der Waals surface area (Å²) >= 11 is 0. The lowest BCUT2D eigenvalue weighted by molar-refractivity contribution is 0.552. The summed E-state index contributed by atoms with van der Waals surface area (Å²) in [5.41, 5.74) is 7.51. The van der Waals surface area contributed by atoms with E-state index in [0.717, 1.165) is 0 Å². The molecule has 8 heteroatoms. The van der Waals surface area contributed by atoms with E-state index in [9.17, 15) is 8.42 Å². The van der Waals surface area contributed by atoms with Crippen molar-refractivity contribution >= 4 is 15.7 Å². The molecule has 1 aromatic heterocycles. The first-order valence-corrected chi connectivity index (χ1v) is 7.93. The van der Waals surface area contributed by atoms with Gasteiger partial charge in [-0.05, 0) is 44.0 Å². The van der Waals surface area contributed by atoms with Crippen molar-refractivity contribution in [3.05, 3.63) is 35.4 Å². The zero-order valence-corrected chi connectivity index (χ0v) is 13.3. The van der Waals surface area contributed by atoms with Crippen molar-refractivity contribution < 1.29 is 8.42 Å². The van der Waals surface area contributed by atoms with Crippen molar-refractivity contribution in [1.29, 1.82) is 0 Å². The number of nitrogens with zero attached hydrogens (tertiary/aromatic N) is 3. The van der Waals surface area contributed by atoms with E-state index in [1.54, 1.807) is 44.5 Å². The van der Waals surface area contributed by atoms with Gasteiger partial charge in [-0.25, -0.2) is 13.1 Å². The topological polar surface area (TPSA) is 103 Å². The van der Waals surface area contributed by atoms with E-state index in [0.29, 0.717) is 22.6 Å². The molecule has 3 N–H and O–H groups in total. The van der Waals surface area contributed by atoms with Crippen LogP contribution in [0.1, 0.15) is 29.9 Å². The number of aromatic nitrogens is 3. The molecule has 1 heterocycles. The summed E-state index contributed by atoms with van der Waals surface area (Å²) in [5, 5.41) is 7.67. The first-order chi connectivity index (χ1) is 9.72. The first-order valence-electron chi connectivity index (χ1n) is 6.45. The zero-order valence-electron chi connectivity index (χ0n) is 12.5. The molecule has 7 nitrogen and oxygen atoms in total. The standard InChI is InChI=1S/C13H19N5O2S/c1-8-5-11(14)6-9(2)12(8)21(19,20)17-10(3)13-16-15-7-18(13)4/h5-7,10,17H,14H2,1-4H3. The Balaban J connectivity index is 2.38. The van der Waals surface area contributed by atoms with Crippen LogP contribution < -0.4 is 10.5 Å². The smallest absolute Gasteiger partial charge is 0.241 e. The molecule has 1 atom stereocenters. The second kappa shape index (κ2) is 5.45. The fourth-order valence-electron chi connectivity index (χ4n) is 2.44. The van der Waals surface area contributed by atoms with E-state index in [4.69, 9.17) is 5.73 Å². The maximum Gasteiger partial charge on any atom is 0.241 e. The summed E-state index contributed by atoms with van der Waals surface area (Å²) in [5.74, 6) is 0.546. The SMILES string of the molecule is Cc1cc(N)cc(C)c1S(=O)(=O)NC(C)c1nncn1C. The van der Waals surface area contributed by atoms with E-state index in [2.05, 4.69) is 14.9 Å². The van der Waals surface area contributed by atoms with Crippen molar-refractivity contribution in [3.63, 3.8) is 0 Å². The van der Waals surface area contributed by atoms with Crippen LogP contribution in [0.25, 0.3) is 0 Å². The van der Waals surface area contributed by atoms with Crippen molar-refractivity contribution in [3.8, 4) is 0 Å². The Morgan fingerprint density at radius 3 is 2.33 bits per heavy atom. The molecule has 21 heavy (non-hydrogen) atoms. The molecule has 0 amide bonds. The average molecular weight is 309 g/mol. The Labute approximate surface area is 124 Å². The normalized spacial score (nSPS) is 13.3. The highest BCUT2D eigenvalue weighted by atomic mass is 32.2. The van der Waals surface area contributed by atoms with E-state index < -0.39 is 16.1 Å². The number of sulfonamides is 1. The van der Waals surface area contributed by atoms with Gasteiger partial charge in [0.2, 0.25) is 10.0 Å². The van der Waals surface area contributed by atoms with Crippen LogP contribution in [0, 0.1) is 13.8 Å². The highest BCUT2D eigenvalue weighted by Crippen LogP contribution is 2.24. The Bertz CT molecular complexity index is 744. The fourth-order valence-corrected chi connectivity index (χ4v) is 4.09. The quantitative estimate of drug-likeness (QED) is 0.822. The lowest BCUT2D eigenvalue weighted by atomic mass is 10.1. The third-order valence-corrected chi connectivity index (χ3v) is 5.06. The molecule has 0 aliphatic heterocycles. The number of anilines is 1. The summed E-state index contributed by atoms with van der Waals surface area (Å²) < 4.78 is 29.5. The van der Waals surface area contributed by atoms with Crippen molar-refractivity contribution in [2.75, 3.05) is 5.73 Å². The van der Waals surface area contributed by atoms with Gasteiger partial charge in [-0.3, -0.25) is 0 Å². The number of benzene rings is 1. The molecule has 1 unspecified atom stereocenters. The lowest BCUT2D eigenvalue weighted by Crippen LogP contribution is -2.29. The van der Waals surface area contributed by atoms with Gasteiger partial charge < -0.3 is 10.3 Å². The molecule has 0 spiro atoms. The maximum atomic E-state index is 12.6. The first kappa shape index (κ1) is 15.5. The third kappa shape index (κ3) is 3.06. The molecule has 0 aliphatic carbocycles. The molecule has 0 aliphatic rings. The van der Waals surface area contributed by atoms with E-state index in [1.165, 1.54) is 6.33 Å². The van der Waals surface area contributed by atoms with Gasteiger partial charge in [0.05, 0.1) is 10.9 Å². The van der Waals surface area contributed by atoms with Crippen LogP contribution in [0.5, 0.6) is 0 Å². The summed E-state index contributed by atoms with van der Waals surface area (Å²) in [6, 6.07) is 2.81. The predicted molar refractivity (Wildman–Crippen MR) is 80.1 cm³/mol. The second-order valence-electron chi connectivity index (χ2n) is 5.13. The van der Waals surface area contributed by atoms with Gasteiger partial charge in [0.15, 0.2) is 0 Å². The molecule has 2 aromatic rings. The predicted octanol–water partition coefficient (Wildman–Crippen LogP) is 1.05. The largest absolute Gasteiger partial charge is 0.399 e. The van der Waals surface area contributed by atoms with Gasteiger partial charge >= 0.3 is 0 Å². The number of rotatable bonds is 4. The molecule has 2 rings (SSSR count). The Kier molecular flexibility index (Phi) is 4.02. The van der Waals surface area contributed by atoms with Gasteiger partial charge in [-0.15, -0.1) is 10.2 Å². The van der Waals surface area contributed by atoms with Gasteiger partial charge in [0.1, 0.15) is 12.2 Å². The monoisotopic (exact) mass is 309 g/mol. The summed E-state index contributed by atoms with van der Waals surface area (Å²) in [4.78, 5) is 0.255. The Morgan fingerprint density at radius 1 is 1.29 bits per heavy atom. The Hall–Kier alpha value is -1.93. The van der Waals surface area contributed by atoms with Crippen LogP contribution in [0.2, 0.25) is 0 Å². The van der Waals surface area contributed by atoms with E-state index in [1.807, 2.05) is 0 Å². The minimum atomic E-state index is -3.67. The molecule has 114 valence electrons. The van der Waals surface area contributed by atoms with Crippen molar-refractivity contribution in [2.45, 2.75) is 31.7 Å². The highest BCUT2D eigenvalue weighted by Gasteiger charge is 2.24. The van der Waals surface area contributed by atoms with Gasteiger partial charge in [-0.2, -0.15) is 0 Å². The van der Waals surface area contributed by atoms with Crippen LogP contribution in [-0.2, 0) is 17.1 Å². The van der Waals surface area contributed by atoms with Crippen LogP contribution in [-0.4, -0.2) is 23.2 Å². The molecule has 1 aromatic carbocycles. The van der Waals surface area contributed by atoms with E-state index >= 15 is 0 Å². The average Bonchev–Trinajstić information content (AvgIpc) is 2.72. The number of nitrogen functional groups attached to an aromatic ring is 1. The Morgan fingerprint density at radius 2 is 1.86 bits per heavy atom. The molecule has 0 bridgehead atoms. The van der Waals surface area contributed by atoms with Gasteiger partial charge in [0, 0.05) is 12.7 Å². The molecule has 0 radical (unpaired) electrons. The molecular formula is C13H19N5O2S. The minimum Gasteiger partial charge on any atom is -0.399 e. The number of nitrogens with one attached hydrogen (secondary N) is 1. The molecule has 0 saturated heterocycles. The van der Waals surface area contributed by atoms with Crippen LogP contribution in [0.4, 0.5) is 5.69 Å². The van der Waals surface area contributed by atoms with Crippen LogP contribution in [0.3, 0.4) is 0 Å². The summed E-state index contributed by atoms with van der Waals surface area (Å²) in [7, 11) is -1.90. The maximum absolute atomic E-state index is 12.6. The van der Waals surface area contributed by atoms with E-state index in [-0.39, 0.29) is 4.90 Å². The third-order valence-electron chi connectivity index (χ3n) is 3.22. The lowest BCUT2D eigenvalue weighted by Gasteiger charge is -2.16. The van der Waals surface area contributed by atoms with Crippen LogP contribution in [0.15, 0.2) is 23.4 Å². The number of aryl methyl sites for hydroxylation is 3. The highest BCUT2D eigenvalue weighted by molar-refractivity contribution is 7.89. The van der Waals surface area contributed by atoms with Gasteiger partial charge in [-0.1, -0.05) is 0 Å². The molecule has 0 saturated carbocycles.